The van der Waals surface area contributed by atoms with Gasteiger partial charge in [-0.05, 0) is 31.1 Å². The lowest BCUT2D eigenvalue weighted by Gasteiger charge is -2.18. The molecule has 0 radical (unpaired) electrons. The van der Waals surface area contributed by atoms with Crippen molar-refractivity contribution in [2.45, 2.75) is 227 Å². The first kappa shape index (κ1) is 46.4. The predicted octanol–water partition coefficient (Wildman–Crippen LogP) is 12.6. The van der Waals surface area contributed by atoms with Gasteiger partial charge in [0, 0.05) is 19.3 Å². The van der Waals surface area contributed by atoms with Crippen LogP contribution >= 0.6 is 0 Å². The Hall–Kier alpha value is -1.59. The molecule has 0 aromatic rings. The van der Waals surface area contributed by atoms with Gasteiger partial charge in [-0.3, -0.25) is 14.4 Å². The Morgan fingerprint density at radius 3 is 1.02 bits per heavy atom. The maximum Gasteiger partial charge on any atom is 0.306 e. The Kier molecular flexibility index (Phi) is 34.1. The second-order valence-electron chi connectivity index (χ2n) is 15.2. The Balaban J connectivity index is 4.26. The Morgan fingerprint density at radius 1 is 0.396 bits per heavy atom. The summed E-state index contributed by atoms with van der Waals surface area (Å²) >= 11 is 0. The van der Waals surface area contributed by atoms with Crippen LogP contribution in [-0.2, 0) is 28.6 Å². The minimum atomic E-state index is -0.758. The lowest BCUT2D eigenvalue weighted by molar-refractivity contribution is -0.167. The van der Waals surface area contributed by atoms with Crippen molar-refractivity contribution in [3.63, 3.8) is 0 Å². The Labute approximate surface area is 298 Å². The van der Waals surface area contributed by atoms with E-state index in [1.165, 1.54) is 109 Å². The first-order chi connectivity index (χ1) is 23.2. The summed E-state index contributed by atoms with van der Waals surface area (Å²) in [4.78, 5) is 37.4. The molecule has 0 aromatic heterocycles. The van der Waals surface area contributed by atoms with E-state index in [2.05, 4.69) is 34.6 Å². The van der Waals surface area contributed by atoms with Crippen LogP contribution in [0.3, 0.4) is 0 Å². The van der Waals surface area contributed by atoms with Gasteiger partial charge in [-0.25, -0.2) is 0 Å². The summed E-state index contributed by atoms with van der Waals surface area (Å²) in [5.41, 5.74) is 0. The van der Waals surface area contributed by atoms with Crippen molar-refractivity contribution in [3.8, 4) is 0 Å². The normalized spacial score (nSPS) is 12.1. The number of rotatable bonds is 36. The maximum absolute atomic E-state index is 12.6. The minimum absolute atomic E-state index is 0.0667. The fourth-order valence-electron chi connectivity index (χ4n) is 6.05. The molecule has 48 heavy (non-hydrogen) atoms. The summed E-state index contributed by atoms with van der Waals surface area (Å²) in [5, 5.41) is 0. The highest BCUT2D eigenvalue weighted by atomic mass is 16.6. The van der Waals surface area contributed by atoms with Crippen molar-refractivity contribution in [1.82, 2.24) is 0 Å². The van der Waals surface area contributed by atoms with Crippen LogP contribution in [-0.4, -0.2) is 37.2 Å². The van der Waals surface area contributed by atoms with E-state index < -0.39 is 6.10 Å². The molecule has 0 spiro atoms. The van der Waals surface area contributed by atoms with Gasteiger partial charge >= 0.3 is 17.9 Å². The monoisotopic (exact) mass is 681 g/mol. The van der Waals surface area contributed by atoms with Gasteiger partial charge in [0.25, 0.3) is 0 Å². The van der Waals surface area contributed by atoms with Gasteiger partial charge in [0.05, 0.1) is 0 Å². The van der Waals surface area contributed by atoms with Crippen LogP contribution in [0.4, 0.5) is 0 Å². The highest BCUT2D eigenvalue weighted by Crippen LogP contribution is 2.16. The van der Waals surface area contributed by atoms with E-state index in [1.54, 1.807) is 0 Å². The van der Waals surface area contributed by atoms with Gasteiger partial charge in [-0.1, -0.05) is 182 Å². The van der Waals surface area contributed by atoms with Gasteiger partial charge in [0.1, 0.15) is 13.2 Å². The van der Waals surface area contributed by atoms with Crippen LogP contribution in [0.2, 0.25) is 0 Å². The standard InChI is InChI=1S/C42H80O6/c1-6-7-8-9-15-24-29-34-42(45)48-39(36-47-41(44)33-28-23-19-18-21-26-31-38(4)5)35-46-40(43)32-27-22-17-14-12-10-11-13-16-20-25-30-37(2)3/h37-39H,6-36H2,1-5H3/t39-/m1/s1. The van der Waals surface area contributed by atoms with Crippen LogP contribution in [0.1, 0.15) is 221 Å². The van der Waals surface area contributed by atoms with E-state index in [1.807, 2.05) is 0 Å². The van der Waals surface area contributed by atoms with E-state index in [4.69, 9.17) is 14.2 Å². The molecule has 0 aliphatic carbocycles. The molecule has 0 rings (SSSR count). The van der Waals surface area contributed by atoms with Gasteiger partial charge in [0.15, 0.2) is 6.10 Å². The third-order valence-corrected chi connectivity index (χ3v) is 9.22. The maximum atomic E-state index is 12.6. The van der Waals surface area contributed by atoms with Crippen molar-refractivity contribution in [2.75, 3.05) is 13.2 Å². The lowest BCUT2D eigenvalue weighted by Crippen LogP contribution is -2.30. The summed E-state index contributed by atoms with van der Waals surface area (Å²) in [6.07, 6.45) is 31.1. The predicted molar refractivity (Wildman–Crippen MR) is 201 cm³/mol. The molecule has 0 bridgehead atoms. The largest absolute Gasteiger partial charge is 0.462 e. The quantitative estimate of drug-likeness (QED) is 0.0372. The molecule has 0 amide bonds. The zero-order chi connectivity index (χ0) is 35.5. The van der Waals surface area contributed by atoms with Crippen molar-refractivity contribution in [2.24, 2.45) is 11.8 Å². The van der Waals surface area contributed by atoms with Gasteiger partial charge < -0.3 is 14.2 Å². The molecule has 0 fully saturated rings. The Morgan fingerprint density at radius 2 is 0.688 bits per heavy atom. The molecule has 0 aromatic carbocycles. The number of ether oxygens (including phenoxy) is 3. The van der Waals surface area contributed by atoms with Crippen molar-refractivity contribution < 1.29 is 28.6 Å². The van der Waals surface area contributed by atoms with Crippen LogP contribution in [0.25, 0.3) is 0 Å². The molecule has 284 valence electrons. The third-order valence-electron chi connectivity index (χ3n) is 9.22. The van der Waals surface area contributed by atoms with Crippen LogP contribution in [0.5, 0.6) is 0 Å². The molecule has 0 aliphatic rings. The molecule has 1 atom stereocenters. The number of hydrogen-bond acceptors (Lipinski definition) is 6. The van der Waals surface area contributed by atoms with E-state index in [9.17, 15) is 14.4 Å². The summed E-state index contributed by atoms with van der Waals surface area (Å²) in [6, 6.07) is 0. The number of unbranched alkanes of at least 4 members (excludes halogenated alkanes) is 21. The zero-order valence-electron chi connectivity index (χ0n) is 32.6. The van der Waals surface area contributed by atoms with Crippen molar-refractivity contribution in [1.29, 1.82) is 0 Å². The molecule has 0 unspecified atom stereocenters. The van der Waals surface area contributed by atoms with Crippen LogP contribution in [0.15, 0.2) is 0 Å². The molecule has 6 heteroatoms. The average Bonchev–Trinajstić information content (AvgIpc) is 3.04. The molecule has 0 N–H and O–H groups in total. The summed E-state index contributed by atoms with van der Waals surface area (Å²) in [6.45, 7) is 11.2. The summed E-state index contributed by atoms with van der Waals surface area (Å²) in [5.74, 6) is 0.716. The molecular formula is C42H80O6. The molecule has 0 saturated carbocycles. The zero-order valence-corrected chi connectivity index (χ0v) is 32.6. The van der Waals surface area contributed by atoms with Gasteiger partial charge in [-0.15, -0.1) is 0 Å². The smallest absolute Gasteiger partial charge is 0.306 e. The first-order valence-electron chi connectivity index (χ1n) is 20.7. The average molecular weight is 681 g/mol. The second-order valence-corrected chi connectivity index (χ2v) is 15.2. The first-order valence-corrected chi connectivity index (χ1v) is 20.7. The minimum Gasteiger partial charge on any atom is -0.462 e. The van der Waals surface area contributed by atoms with Crippen molar-refractivity contribution >= 4 is 17.9 Å². The van der Waals surface area contributed by atoms with E-state index in [-0.39, 0.29) is 31.1 Å². The number of carbonyl (C=O) groups excluding carboxylic acids is 3. The molecule has 0 aliphatic heterocycles. The van der Waals surface area contributed by atoms with E-state index in [0.717, 1.165) is 69.6 Å². The van der Waals surface area contributed by atoms with Crippen LogP contribution in [0, 0.1) is 11.8 Å². The Bertz CT molecular complexity index is 734. The summed E-state index contributed by atoms with van der Waals surface area (Å²) in [7, 11) is 0. The number of esters is 3. The fourth-order valence-corrected chi connectivity index (χ4v) is 6.05. The number of carbonyl (C=O) groups is 3. The summed E-state index contributed by atoms with van der Waals surface area (Å²) < 4.78 is 16.6. The van der Waals surface area contributed by atoms with Crippen LogP contribution < -0.4 is 0 Å². The highest BCUT2D eigenvalue weighted by molar-refractivity contribution is 5.71. The molecular weight excluding hydrogens is 600 g/mol. The van der Waals surface area contributed by atoms with Gasteiger partial charge in [0.2, 0.25) is 0 Å². The topological polar surface area (TPSA) is 78.9 Å². The molecule has 0 heterocycles. The van der Waals surface area contributed by atoms with E-state index >= 15 is 0 Å². The third kappa shape index (κ3) is 35.7. The fraction of sp³-hybridized carbons (Fsp3) is 0.929. The molecule has 0 saturated heterocycles. The van der Waals surface area contributed by atoms with Crippen molar-refractivity contribution in [3.05, 3.63) is 0 Å². The second kappa shape index (κ2) is 35.2. The molecule has 6 nitrogen and oxygen atoms in total. The highest BCUT2D eigenvalue weighted by Gasteiger charge is 2.19. The van der Waals surface area contributed by atoms with Gasteiger partial charge in [-0.2, -0.15) is 0 Å². The lowest BCUT2D eigenvalue weighted by atomic mass is 10.0. The van der Waals surface area contributed by atoms with E-state index in [0.29, 0.717) is 19.3 Å². The SMILES string of the molecule is CCCCCCCCCC(=O)O[C@H](COC(=O)CCCCCCCCCCCCCC(C)C)COC(=O)CCCCCCCCC(C)C. The number of hydrogen-bond donors (Lipinski definition) is 0.